The summed E-state index contributed by atoms with van der Waals surface area (Å²) in [6.07, 6.45) is 3.96. The van der Waals surface area contributed by atoms with Crippen LogP contribution < -0.4 is 15.1 Å². The molecule has 0 radical (unpaired) electrons. The number of nitriles is 1. The minimum Gasteiger partial charge on any atom is -0.367 e. The summed E-state index contributed by atoms with van der Waals surface area (Å²) in [5, 5.41) is 21.3. The number of rotatable bonds is 8. The lowest BCUT2D eigenvalue weighted by Crippen LogP contribution is -2.48. The number of benzene rings is 1. The highest BCUT2D eigenvalue weighted by atomic mass is 19.1. The minimum atomic E-state index is -0.497. The Bertz CT molecular complexity index is 1090. The maximum absolute atomic E-state index is 14.1. The van der Waals surface area contributed by atoms with E-state index in [9.17, 15) is 14.4 Å². The topological polar surface area (TPSA) is 90.1 Å². The fraction of sp³-hybridized carbons (Fsp3) is 0.615. The largest absolute Gasteiger partial charge is 0.367 e. The summed E-state index contributed by atoms with van der Waals surface area (Å²) in [6.45, 7) is 11.9. The van der Waals surface area contributed by atoms with Crippen molar-refractivity contribution in [1.29, 1.82) is 5.26 Å². The van der Waals surface area contributed by atoms with E-state index in [1.165, 1.54) is 6.07 Å². The molecule has 2 heterocycles. The molecule has 1 aromatic carbocycles. The molecule has 0 bridgehead atoms. The number of amides is 1. The molecule has 1 saturated carbocycles. The number of anilines is 2. The molecule has 35 heavy (non-hydrogen) atoms. The third-order valence-electron chi connectivity index (χ3n) is 7.39. The van der Waals surface area contributed by atoms with Crippen molar-refractivity contribution >= 4 is 17.5 Å². The van der Waals surface area contributed by atoms with Crippen LogP contribution in [-0.2, 0) is 6.54 Å². The maximum atomic E-state index is 14.1. The highest BCUT2D eigenvalue weighted by Crippen LogP contribution is 2.45. The van der Waals surface area contributed by atoms with Gasteiger partial charge in [-0.25, -0.2) is 4.39 Å². The van der Waals surface area contributed by atoms with E-state index in [1.54, 1.807) is 12.1 Å². The molecule has 1 N–H and O–H groups in total. The Labute approximate surface area is 207 Å². The van der Waals surface area contributed by atoms with E-state index in [-0.39, 0.29) is 17.5 Å². The molecule has 2 aromatic rings. The summed E-state index contributed by atoms with van der Waals surface area (Å²) in [5.41, 5.74) is 1.04. The second-order valence-electron chi connectivity index (χ2n) is 10.6. The molecule has 1 aliphatic heterocycles. The third-order valence-corrected chi connectivity index (χ3v) is 7.39. The van der Waals surface area contributed by atoms with Crippen LogP contribution in [0.1, 0.15) is 69.6 Å². The zero-order chi connectivity index (χ0) is 25.2. The summed E-state index contributed by atoms with van der Waals surface area (Å²) in [4.78, 5) is 17.3. The summed E-state index contributed by atoms with van der Waals surface area (Å²) >= 11 is 0. The Hall–Kier alpha value is -3.15. The average molecular weight is 482 g/mol. The Morgan fingerprint density at radius 2 is 1.83 bits per heavy atom. The van der Waals surface area contributed by atoms with Crippen molar-refractivity contribution in [3.05, 3.63) is 35.4 Å². The quantitative estimate of drug-likeness (QED) is 0.614. The molecule has 4 rings (SSSR count). The molecular weight excluding hydrogens is 445 g/mol. The summed E-state index contributed by atoms with van der Waals surface area (Å²) < 4.78 is 16.1. The van der Waals surface area contributed by atoms with Crippen molar-refractivity contribution in [2.24, 2.45) is 11.3 Å². The SMILES string of the molecule is CCC(CC)NC(=O)c1nnc(N2CCN(c3cccc(F)c3C#N)CC2)n1CC1CC(C)(C)C1. The Balaban J connectivity index is 1.53. The second kappa shape index (κ2) is 10.2. The van der Waals surface area contributed by atoms with Gasteiger partial charge in [-0.3, -0.25) is 9.36 Å². The molecule has 2 aliphatic rings. The lowest BCUT2D eigenvalue weighted by atomic mass is 9.64. The van der Waals surface area contributed by atoms with Crippen LogP contribution in [0.4, 0.5) is 16.0 Å². The average Bonchev–Trinajstić information content (AvgIpc) is 3.24. The van der Waals surface area contributed by atoms with Crippen LogP contribution in [0, 0.1) is 28.5 Å². The lowest BCUT2D eigenvalue weighted by Gasteiger charge is -2.43. The highest BCUT2D eigenvalue weighted by molar-refractivity contribution is 5.91. The fourth-order valence-corrected chi connectivity index (χ4v) is 5.53. The molecular formula is C26H36FN7O. The van der Waals surface area contributed by atoms with E-state index in [0.29, 0.717) is 55.0 Å². The van der Waals surface area contributed by atoms with E-state index >= 15 is 0 Å². The zero-order valence-corrected chi connectivity index (χ0v) is 21.2. The molecule has 9 heteroatoms. The van der Waals surface area contributed by atoms with Crippen molar-refractivity contribution in [3.8, 4) is 6.07 Å². The van der Waals surface area contributed by atoms with Gasteiger partial charge in [0.2, 0.25) is 11.8 Å². The monoisotopic (exact) mass is 481 g/mol. The molecule has 188 valence electrons. The van der Waals surface area contributed by atoms with Gasteiger partial charge in [0, 0.05) is 38.8 Å². The van der Waals surface area contributed by atoms with Gasteiger partial charge in [-0.2, -0.15) is 5.26 Å². The molecule has 1 aromatic heterocycles. The van der Waals surface area contributed by atoms with Crippen LogP contribution in [0.2, 0.25) is 0 Å². The van der Waals surface area contributed by atoms with Crippen LogP contribution in [0.3, 0.4) is 0 Å². The first-order chi connectivity index (χ1) is 16.8. The lowest BCUT2D eigenvalue weighted by molar-refractivity contribution is 0.0798. The summed E-state index contributed by atoms with van der Waals surface area (Å²) in [5.74, 6) is 0.905. The minimum absolute atomic E-state index is 0.0806. The normalized spacial score (nSPS) is 17.9. The smallest absolute Gasteiger partial charge is 0.289 e. The Morgan fingerprint density at radius 3 is 2.43 bits per heavy atom. The standard InChI is InChI=1S/C26H36FN7O/c1-5-19(6-2)29-24(35)23-30-31-25(34(23)17-18-14-26(3,4)15-18)33-12-10-32(11-13-33)22-9-7-8-21(27)20(22)16-28/h7-9,18-19H,5-6,10-15,17H2,1-4H3,(H,29,35). The number of hydrogen-bond donors (Lipinski definition) is 1. The molecule has 8 nitrogen and oxygen atoms in total. The van der Waals surface area contributed by atoms with Gasteiger partial charge in [0.15, 0.2) is 0 Å². The maximum Gasteiger partial charge on any atom is 0.289 e. The molecule has 0 unspecified atom stereocenters. The molecule has 1 amide bonds. The highest BCUT2D eigenvalue weighted by Gasteiger charge is 2.38. The number of halogens is 1. The van der Waals surface area contributed by atoms with Crippen LogP contribution in [-0.4, -0.2) is 52.9 Å². The van der Waals surface area contributed by atoms with Gasteiger partial charge in [-0.1, -0.05) is 33.8 Å². The van der Waals surface area contributed by atoms with Crippen LogP contribution in [0.15, 0.2) is 18.2 Å². The van der Waals surface area contributed by atoms with Crippen molar-refractivity contribution in [2.45, 2.75) is 66.0 Å². The predicted octanol–water partition coefficient (Wildman–Crippen LogP) is 3.97. The second-order valence-corrected chi connectivity index (χ2v) is 10.6. The van der Waals surface area contributed by atoms with Gasteiger partial charge in [-0.05, 0) is 49.1 Å². The van der Waals surface area contributed by atoms with Gasteiger partial charge in [0.25, 0.3) is 5.91 Å². The molecule has 0 atom stereocenters. The Kier molecular flexibility index (Phi) is 7.29. The van der Waals surface area contributed by atoms with Gasteiger partial charge in [0.1, 0.15) is 17.4 Å². The fourth-order valence-electron chi connectivity index (χ4n) is 5.53. The number of nitrogens with one attached hydrogen (secondary N) is 1. The van der Waals surface area contributed by atoms with E-state index in [1.807, 2.05) is 15.5 Å². The van der Waals surface area contributed by atoms with Gasteiger partial charge in [0.05, 0.1) is 5.69 Å². The van der Waals surface area contributed by atoms with Crippen molar-refractivity contribution in [3.63, 3.8) is 0 Å². The number of carbonyl (C=O) groups is 1. The number of nitrogens with zero attached hydrogens (tertiary/aromatic N) is 6. The van der Waals surface area contributed by atoms with Crippen LogP contribution in [0.25, 0.3) is 0 Å². The van der Waals surface area contributed by atoms with E-state index in [4.69, 9.17) is 0 Å². The number of hydrogen-bond acceptors (Lipinski definition) is 6. The van der Waals surface area contributed by atoms with E-state index in [0.717, 1.165) is 32.2 Å². The van der Waals surface area contributed by atoms with Gasteiger partial charge < -0.3 is 15.1 Å². The number of carbonyl (C=O) groups excluding carboxylic acids is 1. The first-order valence-corrected chi connectivity index (χ1v) is 12.7. The van der Waals surface area contributed by atoms with Crippen molar-refractivity contribution < 1.29 is 9.18 Å². The summed E-state index contributed by atoms with van der Waals surface area (Å²) in [6, 6.07) is 6.85. The van der Waals surface area contributed by atoms with Crippen molar-refractivity contribution in [1.82, 2.24) is 20.1 Å². The van der Waals surface area contributed by atoms with E-state index < -0.39 is 5.82 Å². The van der Waals surface area contributed by atoms with E-state index in [2.05, 4.69) is 48.1 Å². The Morgan fingerprint density at radius 1 is 1.17 bits per heavy atom. The first kappa shape index (κ1) is 25.0. The predicted molar refractivity (Wildman–Crippen MR) is 134 cm³/mol. The molecule has 0 spiro atoms. The molecule has 2 fully saturated rings. The van der Waals surface area contributed by atoms with Crippen LogP contribution in [0.5, 0.6) is 0 Å². The summed E-state index contributed by atoms with van der Waals surface area (Å²) in [7, 11) is 0. The zero-order valence-electron chi connectivity index (χ0n) is 21.2. The molecule has 1 saturated heterocycles. The third kappa shape index (κ3) is 5.26. The number of piperazine rings is 1. The first-order valence-electron chi connectivity index (χ1n) is 12.7. The van der Waals surface area contributed by atoms with Gasteiger partial charge in [-0.15, -0.1) is 10.2 Å². The van der Waals surface area contributed by atoms with Gasteiger partial charge >= 0.3 is 0 Å². The van der Waals surface area contributed by atoms with Crippen LogP contribution >= 0.6 is 0 Å². The number of aromatic nitrogens is 3. The van der Waals surface area contributed by atoms with Crippen molar-refractivity contribution in [2.75, 3.05) is 36.0 Å². The molecule has 1 aliphatic carbocycles.